The number of likely N-dealkylation sites (N-methyl/N-ethyl adjacent to an activating group) is 1. The third-order valence-corrected chi connectivity index (χ3v) is 7.66. The van der Waals surface area contributed by atoms with Crippen LogP contribution in [-0.2, 0) is 9.59 Å². The predicted octanol–water partition coefficient (Wildman–Crippen LogP) is 4.54. The highest BCUT2D eigenvalue weighted by Crippen LogP contribution is 2.45. The quantitative estimate of drug-likeness (QED) is 0.229. The van der Waals surface area contributed by atoms with E-state index in [2.05, 4.69) is 9.97 Å². The van der Waals surface area contributed by atoms with Crippen molar-refractivity contribution < 1.29 is 24.2 Å². The Morgan fingerprint density at radius 3 is 2.87 bits per heavy atom. The van der Waals surface area contributed by atoms with Gasteiger partial charge in [-0.2, -0.15) is 0 Å². The summed E-state index contributed by atoms with van der Waals surface area (Å²) in [6, 6.07) is 13.3. The highest BCUT2D eigenvalue weighted by atomic mass is 32.1. The monoisotopic (exact) mass is 528 g/mol. The summed E-state index contributed by atoms with van der Waals surface area (Å²) in [6.07, 6.45) is 3.20. The number of nitrogens with zero attached hydrogens (tertiary/aromatic N) is 4. The lowest BCUT2D eigenvalue weighted by Gasteiger charge is -2.28. The van der Waals surface area contributed by atoms with Crippen LogP contribution < -0.4 is 19.3 Å². The first-order valence-corrected chi connectivity index (χ1v) is 13.0. The van der Waals surface area contributed by atoms with Gasteiger partial charge in [0.25, 0.3) is 5.78 Å². The average Bonchev–Trinajstić information content (AvgIpc) is 3.46. The van der Waals surface area contributed by atoms with Crippen molar-refractivity contribution in [3.8, 4) is 11.5 Å². The molecule has 6 rings (SSSR count). The summed E-state index contributed by atoms with van der Waals surface area (Å²) in [5.41, 5.74) is 2.46. The summed E-state index contributed by atoms with van der Waals surface area (Å²) >= 11 is 1.28. The molecule has 1 N–H and O–H groups in total. The number of thiazole rings is 1. The standard InChI is InChI=1S/C28H24N4O5S/c1-3-36-18-7-8-19-22(14-18)38-28(30-19)32-24(17-5-4-10-29-15-17)23(26(34)27(32)35)25(33)16-6-9-21-20(13-16)31(2)11-12-37-21/h4-10,13-15,24,33H,3,11-12H2,1-2H3/b25-23+. The Balaban J connectivity index is 1.50. The largest absolute Gasteiger partial charge is 0.507 e. The number of hydrogen-bond acceptors (Lipinski definition) is 9. The molecule has 0 saturated carbocycles. The van der Waals surface area contributed by atoms with Crippen molar-refractivity contribution in [2.24, 2.45) is 0 Å². The number of aliphatic hydroxyl groups excluding tert-OH is 1. The molecule has 0 aliphatic carbocycles. The van der Waals surface area contributed by atoms with E-state index < -0.39 is 17.7 Å². The molecule has 2 aliphatic heterocycles. The lowest BCUT2D eigenvalue weighted by atomic mass is 9.96. The van der Waals surface area contributed by atoms with E-state index in [1.165, 1.54) is 16.2 Å². The fourth-order valence-corrected chi connectivity index (χ4v) is 5.81. The molecular weight excluding hydrogens is 504 g/mol. The number of rotatable bonds is 5. The van der Waals surface area contributed by atoms with Gasteiger partial charge in [-0.1, -0.05) is 17.4 Å². The van der Waals surface area contributed by atoms with E-state index in [4.69, 9.17) is 9.47 Å². The zero-order valence-corrected chi connectivity index (χ0v) is 21.6. The molecule has 38 heavy (non-hydrogen) atoms. The van der Waals surface area contributed by atoms with Crippen LogP contribution in [0.1, 0.15) is 24.1 Å². The number of ketones is 1. The van der Waals surface area contributed by atoms with E-state index in [0.717, 1.165) is 10.4 Å². The van der Waals surface area contributed by atoms with Gasteiger partial charge in [0, 0.05) is 25.0 Å². The molecule has 192 valence electrons. The van der Waals surface area contributed by atoms with Crippen molar-refractivity contribution in [1.29, 1.82) is 0 Å². The van der Waals surface area contributed by atoms with Crippen LogP contribution in [0, 0.1) is 0 Å². The summed E-state index contributed by atoms with van der Waals surface area (Å²) in [5.74, 6) is -0.417. The fraction of sp³-hybridized carbons (Fsp3) is 0.214. The second-order valence-electron chi connectivity index (χ2n) is 8.97. The summed E-state index contributed by atoms with van der Waals surface area (Å²) in [7, 11) is 1.93. The molecule has 2 aliphatic rings. The zero-order chi connectivity index (χ0) is 26.4. The third kappa shape index (κ3) is 3.93. The van der Waals surface area contributed by atoms with Crippen molar-refractivity contribution in [2.45, 2.75) is 13.0 Å². The Morgan fingerprint density at radius 1 is 1.21 bits per heavy atom. The van der Waals surface area contributed by atoms with Gasteiger partial charge < -0.3 is 19.5 Å². The molecule has 4 heterocycles. The van der Waals surface area contributed by atoms with Gasteiger partial charge in [0.1, 0.15) is 23.9 Å². The van der Waals surface area contributed by atoms with E-state index >= 15 is 0 Å². The van der Waals surface area contributed by atoms with Crippen LogP contribution in [0.5, 0.6) is 11.5 Å². The smallest absolute Gasteiger partial charge is 0.301 e. The number of carbonyl (C=O) groups is 2. The van der Waals surface area contributed by atoms with Gasteiger partial charge in [-0.05, 0) is 55.0 Å². The minimum atomic E-state index is -0.902. The first kappa shape index (κ1) is 23.9. The minimum Gasteiger partial charge on any atom is -0.507 e. The van der Waals surface area contributed by atoms with Crippen molar-refractivity contribution in [3.05, 3.63) is 77.6 Å². The Bertz CT molecular complexity index is 1600. The number of aromatic nitrogens is 2. The van der Waals surface area contributed by atoms with Gasteiger partial charge in [-0.25, -0.2) is 4.98 Å². The Kier molecular flexibility index (Phi) is 5.96. The number of anilines is 2. The fourth-order valence-electron chi connectivity index (χ4n) is 4.79. The molecule has 9 nitrogen and oxygen atoms in total. The number of hydrogen-bond donors (Lipinski definition) is 1. The number of carbonyl (C=O) groups excluding carboxylic acids is 2. The lowest BCUT2D eigenvalue weighted by Crippen LogP contribution is -2.29. The van der Waals surface area contributed by atoms with E-state index in [1.54, 1.807) is 42.7 Å². The molecule has 1 fully saturated rings. The molecule has 1 unspecified atom stereocenters. The van der Waals surface area contributed by atoms with Crippen LogP contribution >= 0.6 is 11.3 Å². The summed E-state index contributed by atoms with van der Waals surface area (Å²) in [4.78, 5) is 39.2. The molecule has 2 aromatic carbocycles. The number of aliphatic hydroxyl groups is 1. The van der Waals surface area contributed by atoms with Crippen molar-refractivity contribution in [2.75, 3.05) is 36.6 Å². The van der Waals surface area contributed by atoms with Crippen molar-refractivity contribution in [3.63, 3.8) is 0 Å². The second-order valence-corrected chi connectivity index (χ2v) is 9.98. The van der Waals surface area contributed by atoms with E-state index in [9.17, 15) is 14.7 Å². The molecular formula is C28H24N4O5S. The maximum Gasteiger partial charge on any atom is 0.301 e. The second kappa shape index (κ2) is 9.46. The molecule has 1 amide bonds. The normalized spacial score (nSPS) is 18.5. The highest BCUT2D eigenvalue weighted by Gasteiger charge is 2.48. The van der Waals surface area contributed by atoms with Crippen LogP contribution in [0.2, 0.25) is 0 Å². The molecule has 0 spiro atoms. The summed E-state index contributed by atoms with van der Waals surface area (Å²) in [6.45, 7) is 3.69. The van der Waals surface area contributed by atoms with Crippen LogP contribution in [0.15, 0.2) is 66.5 Å². The molecule has 1 atom stereocenters. The molecule has 4 aromatic rings. The summed E-state index contributed by atoms with van der Waals surface area (Å²) < 4.78 is 12.1. The molecule has 1 saturated heterocycles. The number of pyridine rings is 1. The first-order valence-electron chi connectivity index (χ1n) is 12.2. The number of Topliss-reactive ketones (excluding diaryl/α,β-unsaturated/α-hetero) is 1. The predicted molar refractivity (Wildman–Crippen MR) is 145 cm³/mol. The minimum absolute atomic E-state index is 0.0170. The lowest BCUT2D eigenvalue weighted by molar-refractivity contribution is -0.132. The molecule has 0 radical (unpaired) electrons. The molecule has 2 aromatic heterocycles. The third-order valence-electron chi connectivity index (χ3n) is 6.64. The van der Waals surface area contributed by atoms with Crippen molar-refractivity contribution in [1.82, 2.24) is 9.97 Å². The molecule has 0 bridgehead atoms. The maximum atomic E-state index is 13.5. The highest BCUT2D eigenvalue weighted by molar-refractivity contribution is 7.22. The van der Waals surface area contributed by atoms with Gasteiger partial charge in [0.2, 0.25) is 0 Å². The Morgan fingerprint density at radius 2 is 2.08 bits per heavy atom. The Labute approximate surface area is 222 Å². The van der Waals surface area contributed by atoms with Gasteiger partial charge in [0.05, 0.1) is 40.7 Å². The first-order chi connectivity index (χ1) is 18.5. The topological polar surface area (TPSA) is 105 Å². The SMILES string of the molecule is CCOc1ccc2nc(N3C(=O)C(=O)/C(=C(/O)c4ccc5c(c4)N(C)CCO5)C3c3cccnc3)sc2c1. The number of benzene rings is 2. The summed E-state index contributed by atoms with van der Waals surface area (Å²) in [5, 5.41) is 11.8. The number of amides is 1. The number of ether oxygens (including phenoxy) is 2. The van der Waals surface area contributed by atoms with Gasteiger partial charge >= 0.3 is 5.91 Å². The number of fused-ring (bicyclic) bond motifs is 2. The van der Waals surface area contributed by atoms with Crippen LogP contribution in [0.4, 0.5) is 10.8 Å². The van der Waals surface area contributed by atoms with Crippen LogP contribution in [-0.4, -0.2) is 53.6 Å². The van der Waals surface area contributed by atoms with Gasteiger partial charge in [-0.15, -0.1) is 0 Å². The maximum absolute atomic E-state index is 13.5. The Hall–Kier alpha value is -4.44. The van der Waals surface area contributed by atoms with E-state index in [1.807, 2.05) is 37.1 Å². The molecule has 10 heteroatoms. The average molecular weight is 529 g/mol. The van der Waals surface area contributed by atoms with Gasteiger partial charge in [0.15, 0.2) is 5.13 Å². The van der Waals surface area contributed by atoms with E-state index in [0.29, 0.717) is 53.0 Å². The van der Waals surface area contributed by atoms with Gasteiger partial charge in [-0.3, -0.25) is 19.5 Å². The van der Waals surface area contributed by atoms with Crippen molar-refractivity contribution >= 4 is 49.8 Å². The zero-order valence-electron chi connectivity index (χ0n) is 20.7. The van der Waals surface area contributed by atoms with Crippen LogP contribution in [0.3, 0.4) is 0 Å². The van der Waals surface area contributed by atoms with Crippen LogP contribution in [0.25, 0.3) is 16.0 Å². The van der Waals surface area contributed by atoms with E-state index in [-0.39, 0.29) is 11.3 Å².